The van der Waals surface area contributed by atoms with E-state index in [-0.39, 0.29) is 36.7 Å². The minimum absolute atomic E-state index is 0.00561. The molecule has 2 heterocycles. The Bertz CT molecular complexity index is 889. The molecule has 0 saturated carbocycles. The summed E-state index contributed by atoms with van der Waals surface area (Å²) in [6.45, 7) is 1.49. The molecule has 6 nitrogen and oxygen atoms in total. The van der Waals surface area contributed by atoms with Gasteiger partial charge in [0.1, 0.15) is 11.5 Å². The van der Waals surface area contributed by atoms with Crippen molar-refractivity contribution in [1.29, 1.82) is 0 Å². The Balaban J connectivity index is 1.62. The van der Waals surface area contributed by atoms with Crippen LogP contribution in [0.25, 0.3) is 0 Å². The van der Waals surface area contributed by atoms with Crippen LogP contribution in [0.5, 0.6) is 0 Å². The lowest BCUT2D eigenvalue weighted by Gasteiger charge is -2.26. The molecule has 0 unspecified atom stereocenters. The van der Waals surface area contributed by atoms with Crippen molar-refractivity contribution in [3.63, 3.8) is 0 Å². The molecule has 1 aromatic carbocycles. The number of alkyl halides is 3. The Morgan fingerprint density at radius 3 is 2.57 bits per heavy atom. The molecule has 1 N–H and O–H groups in total. The van der Waals surface area contributed by atoms with Crippen molar-refractivity contribution in [3.05, 3.63) is 57.3 Å². The van der Waals surface area contributed by atoms with Crippen molar-refractivity contribution in [1.82, 2.24) is 20.1 Å². The second-order valence-corrected chi connectivity index (χ2v) is 6.86. The van der Waals surface area contributed by atoms with Gasteiger partial charge in [-0.1, -0.05) is 18.2 Å². The Morgan fingerprint density at radius 2 is 1.89 bits per heavy atom. The molecule has 1 saturated heterocycles. The fraction of sp³-hybridized carbons (Fsp3) is 0.474. The van der Waals surface area contributed by atoms with E-state index < -0.39 is 17.3 Å². The zero-order chi connectivity index (χ0) is 20.1. The molecule has 0 atom stereocenters. The highest BCUT2D eigenvalue weighted by Gasteiger charge is 2.30. The SMILES string of the molecule is O=C(CCc1nnc(Cc2cccc(C(F)(F)F)c2)[nH]c1=O)N1CCCCC1. The number of nitrogens with zero attached hydrogens (tertiary/aromatic N) is 3. The summed E-state index contributed by atoms with van der Waals surface area (Å²) < 4.78 is 38.4. The second-order valence-electron chi connectivity index (χ2n) is 6.86. The molecule has 150 valence electrons. The zero-order valence-corrected chi connectivity index (χ0v) is 15.3. The maximum Gasteiger partial charge on any atom is 0.416 e. The molecule has 3 rings (SSSR count). The van der Waals surface area contributed by atoms with Crippen molar-refractivity contribution in [3.8, 4) is 0 Å². The van der Waals surface area contributed by atoms with Crippen LogP contribution < -0.4 is 5.56 Å². The van der Waals surface area contributed by atoms with Gasteiger partial charge in [-0.2, -0.15) is 13.2 Å². The minimum atomic E-state index is -4.43. The van der Waals surface area contributed by atoms with Gasteiger partial charge in [0.05, 0.1) is 5.56 Å². The van der Waals surface area contributed by atoms with Gasteiger partial charge in [-0.3, -0.25) is 9.59 Å². The Hall–Kier alpha value is -2.71. The van der Waals surface area contributed by atoms with E-state index in [9.17, 15) is 22.8 Å². The number of aryl methyl sites for hydroxylation is 1. The number of carbonyl (C=O) groups is 1. The molecule has 0 radical (unpaired) electrons. The van der Waals surface area contributed by atoms with E-state index >= 15 is 0 Å². The number of hydrogen-bond donors (Lipinski definition) is 1. The summed E-state index contributed by atoms with van der Waals surface area (Å²) >= 11 is 0. The van der Waals surface area contributed by atoms with Crippen LogP contribution in [0.1, 0.15) is 48.3 Å². The molecule has 9 heteroatoms. The van der Waals surface area contributed by atoms with Crippen molar-refractivity contribution in [2.75, 3.05) is 13.1 Å². The van der Waals surface area contributed by atoms with Crippen molar-refractivity contribution in [2.24, 2.45) is 0 Å². The van der Waals surface area contributed by atoms with Crippen LogP contribution in [0.15, 0.2) is 29.1 Å². The Kier molecular flexibility index (Phi) is 6.11. The largest absolute Gasteiger partial charge is 0.416 e. The van der Waals surface area contributed by atoms with E-state index in [0.29, 0.717) is 5.56 Å². The maximum atomic E-state index is 12.8. The van der Waals surface area contributed by atoms with Crippen LogP contribution >= 0.6 is 0 Å². The van der Waals surface area contributed by atoms with Crippen LogP contribution in [0.4, 0.5) is 13.2 Å². The molecule has 1 amide bonds. The first-order chi connectivity index (χ1) is 13.3. The molecule has 1 aromatic heterocycles. The Morgan fingerprint density at radius 1 is 1.14 bits per heavy atom. The lowest BCUT2D eigenvalue weighted by molar-refractivity contribution is -0.137. The van der Waals surface area contributed by atoms with E-state index in [0.717, 1.165) is 44.5 Å². The van der Waals surface area contributed by atoms with E-state index in [1.54, 1.807) is 4.90 Å². The number of aromatic nitrogens is 3. The average Bonchev–Trinajstić information content (AvgIpc) is 2.67. The first-order valence-corrected chi connectivity index (χ1v) is 9.21. The van der Waals surface area contributed by atoms with Gasteiger partial charge in [-0.15, -0.1) is 10.2 Å². The van der Waals surface area contributed by atoms with Crippen LogP contribution in [-0.2, 0) is 23.8 Å². The third kappa shape index (κ3) is 5.17. The summed E-state index contributed by atoms with van der Waals surface area (Å²) in [7, 11) is 0. The van der Waals surface area contributed by atoms with Gasteiger partial charge in [-0.05, 0) is 30.9 Å². The maximum absolute atomic E-state index is 12.8. The summed E-state index contributed by atoms with van der Waals surface area (Å²) in [5.41, 5.74) is -0.706. The second kappa shape index (κ2) is 8.53. The minimum Gasteiger partial charge on any atom is -0.343 e. The summed E-state index contributed by atoms with van der Waals surface area (Å²) in [5.74, 6) is 0.171. The predicted octanol–water partition coefficient (Wildman–Crippen LogP) is 2.72. The van der Waals surface area contributed by atoms with Crippen LogP contribution in [0.2, 0.25) is 0 Å². The summed E-state index contributed by atoms with van der Waals surface area (Å²) in [5, 5.41) is 7.78. The van der Waals surface area contributed by atoms with Gasteiger partial charge < -0.3 is 9.88 Å². The highest BCUT2D eigenvalue weighted by molar-refractivity contribution is 5.76. The molecule has 0 spiro atoms. The molecular weight excluding hydrogens is 373 g/mol. The van der Waals surface area contributed by atoms with E-state index in [4.69, 9.17) is 0 Å². The van der Waals surface area contributed by atoms with E-state index in [1.165, 1.54) is 12.1 Å². The number of nitrogens with one attached hydrogen (secondary N) is 1. The molecular formula is C19H21F3N4O2. The fourth-order valence-corrected chi connectivity index (χ4v) is 3.22. The molecule has 1 fully saturated rings. The van der Waals surface area contributed by atoms with Gasteiger partial charge in [0.15, 0.2) is 0 Å². The smallest absolute Gasteiger partial charge is 0.343 e. The standard InChI is InChI=1S/C19H21F3N4O2/c20-19(21,22)14-6-4-5-13(11-14)12-16-23-18(28)15(24-25-16)7-8-17(27)26-9-2-1-3-10-26/h4-6,11H,1-3,7-10,12H2,(H,23,25,28). The molecule has 0 aliphatic carbocycles. The predicted molar refractivity (Wildman–Crippen MR) is 95.7 cm³/mol. The highest BCUT2D eigenvalue weighted by atomic mass is 19.4. The fourth-order valence-electron chi connectivity index (χ4n) is 3.22. The van der Waals surface area contributed by atoms with Gasteiger partial charge >= 0.3 is 6.18 Å². The number of piperidine rings is 1. The van der Waals surface area contributed by atoms with Crippen molar-refractivity contribution < 1.29 is 18.0 Å². The number of halogens is 3. The summed E-state index contributed by atoms with van der Waals surface area (Å²) in [6.07, 6.45) is -0.916. The number of carbonyl (C=O) groups excluding carboxylic acids is 1. The number of hydrogen-bond acceptors (Lipinski definition) is 4. The van der Waals surface area contributed by atoms with E-state index in [1.807, 2.05) is 0 Å². The number of rotatable bonds is 5. The number of amides is 1. The van der Waals surface area contributed by atoms with Gasteiger partial charge in [0, 0.05) is 32.4 Å². The molecule has 2 aromatic rings. The van der Waals surface area contributed by atoms with Gasteiger partial charge in [-0.25, -0.2) is 0 Å². The van der Waals surface area contributed by atoms with Crippen LogP contribution in [0.3, 0.4) is 0 Å². The topological polar surface area (TPSA) is 79.0 Å². The van der Waals surface area contributed by atoms with Crippen molar-refractivity contribution in [2.45, 2.75) is 44.7 Å². The first kappa shape index (κ1) is 20.0. The molecule has 28 heavy (non-hydrogen) atoms. The average molecular weight is 394 g/mol. The normalized spacial score (nSPS) is 14.9. The third-order valence-corrected chi connectivity index (χ3v) is 4.72. The number of likely N-dealkylation sites (tertiary alicyclic amines) is 1. The van der Waals surface area contributed by atoms with Crippen molar-refractivity contribution >= 4 is 5.91 Å². The van der Waals surface area contributed by atoms with E-state index in [2.05, 4.69) is 15.2 Å². The summed E-state index contributed by atoms with van der Waals surface area (Å²) in [6, 6.07) is 4.84. The molecule has 1 aliphatic heterocycles. The van der Waals surface area contributed by atoms with Gasteiger partial charge in [0.2, 0.25) is 5.91 Å². The van der Waals surface area contributed by atoms with Crippen LogP contribution in [0, 0.1) is 0 Å². The number of aromatic amines is 1. The molecule has 0 bridgehead atoms. The number of H-pyrrole nitrogens is 1. The quantitative estimate of drug-likeness (QED) is 0.846. The van der Waals surface area contributed by atoms with Gasteiger partial charge in [0.25, 0.3) is 5.56 Å². The zero-order valence-electron chi connectivity index (χ0n) is 15.3. The Labute approximate surface area is 159 Å². The summed E-state index contributed by atoms with van der Waals surface area (Å²) in [4.78, 5) is 28.7. The highest BCUT2D eigenvalue weighted by Crippen LogP contribution is 2.29. The van der Waals surface area contributed by atoms with Crippen LogP contribution in [-0.4, -0.2) is 39.1 Å². The first-order valence-electron chi connectivity index (χ1n) is 9.21. The monoisotopic (exact) mass is 394 g/mol. The lowest BCUT2D eigenvalue weighted by atomic mass is 10.1. The number of benzene rings is 1. The third-order valence-electron chi connectivity index (χ3n) is 4.72. The molecule has 1 aliphatic rings. The lowest BCUT2D eigenvalue weighted by Crippen LogP contribution is -2.36.